The van der Waals surface area contributed by atoms with Gasteiger partial charge in [0.05, 0.1) is 5.52 Å². The second-order valence-corrected chi connectivity index (χ2v) is 5.41. The molecular formula is C16H18N2O2. The van der Waals surface area contributed by atoms with Gasteiger partial charge in [-0.25, -0.2) is 9.78 Å². The smallest absolute Gasteiger partial charge is 0.339 e. The van der Waals surface area contributed by atoms with E-state index in [1.54, 1.807) is 6.07 Å². The maximum absolute atomic E-state index is 11.5. The Labute approximate surface area is 118 Å². The van der Waals surface area contributed by atoms with Crippen molar-refractivity contribution in [2.24, 2.45) is 0 Å². The van der Waals surface area contributed by atoms with Crippen molar-refractivity contribution in [2.45, 2.75) is 31.7 Å². The zero-order chi connectivity index (χ0) is 14.1. The summed E-state index contributed by atoms with van der Waals surface area (Å²) in [7, 11) is 1.96. The first-order valence-corrected chi connectivity index (χ1v) is 7.03. The Bertz CT molecular complexity index is 648. The van der Waals surface area contributed by atoms with Crippen LogP contribution in [0, 0.1) is 0 Å². The number of aromatic nitrogens is 1. The maximum Gasteiger partial charge on any atom is 0.339 e. The minimum Gasteiger partial charge on any atom is -0.478 e. The number of pyridine rings is 1. The topological polar surface area (TPSA) is 53.4 Å². The van der Waals surface area contributed by atoms with Crippen LogP contribution in [0.25, 0.3) is 10.9 Å². The van der Waals surface area contributed by atoms with Crippen molar-refractivity contribution in [3.8, 4) is 0 Å². The lowest BCUT2D eigenvalue weighted by molar-refractivity contribution is 0.0697. The molecule has 1 aromatic heterocycles. The highest BCUT2D eigenvalue weighted by molar-refractivity contribution is 5.98. The normalized spacial score (nSPS) is 15.7. The van der Waals surface area contributed by atoms with Gasteiger partial charge in [-0.2, -0.15) is 0 Å². The Hall–Kier alpha value is -2.10. The number of rotatable bonds is 3. The van der Waals surface area contributed by atoms with E-state index in [2.05, 4.69) is 4.98 Å². The van der Waals surface area contributed by atoms with Crippen LogP contribution in [0.5, 0.6) is 0 Å². The van der Waals surface area contributed by atoms with E-state index in [-0.39, 0.29) is 5.56 Å². The summed E-state index contributed by atoms with van der Waals surface area (Å²) in [6.07, 6.45) is 4.66. The molecule has 1 fully saturated rings. The number of aromatic carboxylic acids is 1. The molecule has 1 N–H and O–H groups in total. The second kappa shape index (κ2) is 5.12. The van der Waals surface area contributed by atoms with E-state index in [4.69, 9.17) is 0 Å². The van der Waals surface area contributed by atoms with Crippen molar-refractivity contribution >= 4 is 22.7 Å². The van der Waals surface area contributed by atoms with E-state index in [0.29, 0.717) is 11.9 Å². The van der Waals surface area contributed by atoms with Crippen LogP contribution in [0.15, 0.2) is 30.3 Å². The van der Waals surface area contributed by atoms with Gasteiger partial charge in [0, 0.05) is 18.5 Å². The number of carboxylic acids is 1. The minimum absolute atomic E-state index is 0.290. The van der Waals surface area contributed by atoms with Crippen LogP contribution >= 0.6 is 0 Å². The lowest BCUT2D eigenvalue weighted by Crippen LogP contribution is -2.31. The van der Waals surface area contributed by atoms with Crippen LogP contribution in [0.3, 0.4) is 0 Å². The zero-order valence-electron chi connectivity index (χ0n) is 11.5. The average Bonchev–Trinajstić information content (AvgIpc) is 2.99. The van der Waals surface area contributed by atoms with Crippen LogP contribution in [0.2, 0.25) is 0 Å². The predicted molar refractivity (Wildman–Crippen MR) is 79.4 cm³/mol. The Balaban J connectivity index is 2.11. The molecule has 104 valence electrons. The fourth-order valence-electron chi connectivity index (χ4n) is 3.00. The molecule has 1 aliphatic carbocycles. The average molecular weight is 270 g/mol. The number of hydrogen-bond donors (Lipinski definition) is 1. The molecular weight excluding hydrogens is 252 g/mol. The molecule has 0 aliphatic heterocycles. The SMILES string of the molecule is CN(c1nc2ccccc2cc1C(=O)O)C1CCCC1. The molecule has 4 heteroatoms. The van der Waals surface area contributed by atoms with Gasteiger partial charge in [0.2, 0.25) is 0 Å². The molecule has 0 spiro atoms. The summed E-state index contributed by atoms with van der Waals surface area (Å²) in [5.74, 6) is -0.328. The van der Waals surface area contributed by atoms with Gasteiger partial charge in [-0.05, 0) is 25.0 Å². The molecule has 1 heterocycles. The molecule has 1 saturated carbocycles. The Kier molecular flexibility index (Phi) is 3.30. The van der Waals surface area contributed by atoms with Gasteiger partial charge in [0.15, 0.2) is 0 Å². The monoisotopic (exact) mass is 270 g/mol. The number of anilines is 1. The third-order valence-electron chi connectivity index (χ3n) is 4.14. The van der Waals surface area contributed by atoms with Gasteiger partial charge in [-0.1, -0.05) is 31.0 Å². The Morgan fingerprint density at radius 1 is 1.30 bits per heavy atom. The Morgan fingerprint density at radius 2 is 2.00 bits per heavy atom. The fraction of sp³-hybridized carbons (Fsp3) is 0.375. The summed E-state index contributed by atoms with van der Waals surface area (Å²) in [6.45, 7) is 0. The third kappa shape index (κ3) is 2.22. The number of benzene rings is 1. The number of nitrogens with zero attached hydrogens (tertiary/aromatic N) is 2. The van der Waals surface area contributed by atoms with E-state index in [1.165, 1.54) is 12.8 Å². The van der Waals surface area contributed by atoms with Crippen LogP contribution in [-0.2, 0) is 0 Å². The molecule has 0 unspecified atom stereocenters. The van der Waals surface area contributed by atoms with Gasteiger partial charge in [-0.15, -0.1) is 0 Å². The van der Waals surface area contributed by atoms with E-state index in [0.717, 1.165) is 23.7 Å². The zero-order valence-corrected chi connectivity index (χ0v) is 11.5. The Morgan fingerprint density at radius 3 is 2.70 bits per heavy atom. The number of carboxylic acid groups (broad SMARTS) is 1. The van der Waals surface area contributed by atoms with Gasteiger partial charge in [-0.3, -0.25) is 0 Å². The summed E-state index contributed by atoms with van der Waals surface area (Å²) in [5.41, 5.74) is 1.13. The van der Waals surface area contributed by atoms with Crippen molar-refractivity contribution in [2.75, 3.05) is 11.9 Å². The quantitative estimate of drug-likeness (QED) is 0.929. The molecule has 2 aromatic rings. The highest BCUT2D eigenvalue weighted by Crippen LogP contribution is 2.29. The third-order valence-corrected chi connectivity index (χ3v) is 4.14. The molecule has 0 bridgehead atoms. The molecule has 0 radical (unpaired) electrons. The van der Waals surface area contributed by atoms with Crippen LogP contribution in [0.1, 0.15) is 36.0 Å². The van der Waals surface area contributed by atoms with E-state index < -0.39 is 5.97 Å². The second-order valence-electron chi connectivity index (χ2n) is 5.41. The molecule has 3 rings (SSSR count). The number of hydrogen-bond acceptors (Lipinski definition) is 3. The summed E-state index contributed by atoms with van der Waals surface area (Å²) in [5, 5.41) is 10.3. The standard InChI is InChI=1S/C16H18N2O2/c1-18(12-7-3-4-8-12)15-13(16(19)20)10-11-6-2-5-9-14(11)17-15/h2,5-6,9-10,12H,3-4,7-8H2,1H3,(H,19,20). The van der Waals surface area contributed by atoms with E-state index >= 15 is 0 Å². The first kappa shape index (κ1) is 12.9. The van der Waals surface area contributed by atoms with Gasteiger partial charge in [0.25, 0.3) is 0 Å². The van der Waals surface area contributed by atoms with Crippen LogP contribution in [0.4, 0.5) is 5.82 Å². The van der Waals surface area contributed by atoms with Crippen LogP contribution < -0.4 is 4.90 Å². The molecule has 0 atom stereocenters. The van der Waals surface area contributed by atoms with Gasteiger partial charge >= 0.3 is 5.97 Å². The summed E-state index contributed by atoms with van der Waals surface area (Å²) < 4.78 is 0. The van der Waals surface area contributed by atoms with Crippen molar-refractivity contribution < 1.29 is 9.90 Å². The highest BCUT2D eigenvalue weighted by Gasteiger charge is 2.24. The highest BCUT2D eigenvalue weighted by atomic mass is 16.4. The van der Waals surface area contributed by atoms with Gasteiger partial charge < -0.3 is 10.0 Å². The van der Waals surface area contributed by atoms with Crippen molar-refractivity contribution in [1.82, 2.24) is 4.98 Å². The van der Waals surface area contributed by atoms with Crippen molar-refractivity contribution in [1.29, 1.82) is 0 Å². The molecule has 0 amide bonds. The maximum atomic E-state index is 11.5. The first-order chi connectivity index (χ1) is 9.66. The molecule has 1 aliphatic rings. The van der Waals surface area contributed by atoms with Crippen LogP contribution in [-0.4, -0.2) is 29.1 Å². The molecule has 1 aromatic carbocycles. The summed E-state index contributed by atoms with van der Waals surface area (Å²) in [4.78, 5) is 18.1. The van der Waals surface area contributed by atoms with Crippen molar-refractivity contribution in [3.05, 3.63) is 35.9 Å². The first-order valence-electron chi connectivity index (χ1n) is 7.03. The molecule has 0 saturated heterocycles. The largest absolute Gasteiger partial charge is 0.478 e. The molecule has 4 nitrogen and oxygen atoms in total. The minimum atomic E-state index is -0.914. The van der Waals surface area contributed by atoms with Crippen molar-refractivity contribution in [3.63, 3.8) is 0 Å². The lowest BCUT2D eigenvalue weighted by Gasteiger charge is -2.27. The fourth-order valence-corrected chi connectivity index (χ4v) is 3.00. The number of fused-ring (bicyclic) bond motifs is 1. The predicted octanol–water partition coefficient (Wildman–Crippen LogP) is 3.31. The van der Waals surface area contributed by atoms with E-state index in [9.17, 15) is 9.90 Å². The summed E-state index contributed by atoms with van der Waals surface area (Å²) in [6, 6.07) is 9.78. The van der Waals surface area contributed by atoms with E-state index in [1.807, 2.05) is 36.2 Å². The summed E-state index contributed by atoms with van der Waals surface area (Å²) >= 11 is 0. The molecule has 20 heavy (non-hydrogen) atoms. The number of para-hydroxylation sites is 1. The van der Waals surface area contributed by atoms with Gasteiger partial charge in [0.1, 0.15) is 11.4 Å². The number of carbonyl (C=O) groups is 1. The lowest BCUT2D eigenvalue weighted by atomic mass is 10.1.